The Balaban J connectivity index is 0.000000431. The zero-order valence-electron chi connectivity index (χ0n) is 12.9. The van der Waals surface area contributed by atoms with Gasteiger partial charge in [-0.05, 0) is 24.3 Å². The van der Waals surface area contributed by atoms with E-state index in [1.807, 2.05) is 0 Å². The molecule has 3 aromatic heterocycles. The Labute approximate surface area is 147 Å². The predicted molar refractivity (Wildman–Crippen MR) is 91.0 cm³/mol. The highest BCUT2D eigenvalue weighted by Gasteiger charge is 2.11. The molecule has 0 spiro atoms. The van der Waals surface area contributed by atoms with E-state index in [0.717, 1.165) is 0 Å². The maximum atomic E-state index is 9.96. The van der Waals surface area contributed by atoms with Crippen LogP contribution in [0.5, 0.6) is 5.75 Å². The predicted octanol–water partition coefficient (Wildman–Crippen LogP) is 0.213. The molecule has 0 aliphatic carbocycles. The Morgan fingerprint density at radius 2 is 1.23 bits per heavy atom. The van der Waals surface area contributed by atoms with E-state index < -0.39 is 10.4 Å². The van der Waals surface area contributed by atoms with Gasteiger partial charge in [-0.3, -0.25) is 9.11 Å². The Kier molecular flexibility index (Phi) is 5.56. The van der Waals surface area contributed by atoms with Crippen LogP contribution in [0.15, 0.2) is 36.7 Å². The van der Waals surface area contributed by atoms with Crippen molar-refractivity contribution in [3.8, 4) is 28.5 Å². The lowest BCUT2D eigenvalue weighted by Gasteiger charge is -2.06. The topological polar surface area (TPSA) is 211 Å². The molecule has 0 saturated heterocycles. The molecule has 0 bridgehead atoms. The molecule has 0 amide bonds. The number of nitrogen functional groups attached to an aromatic ring is 2. The van der Waals surface area contributed by atoms with Crippen LogP contribution in [0.3, 0.4) is 0 Å². The second kappa shape index (κ2) is 7.64. The average Bonchev–Trinajstić information content (AvgIpc) is 2.54. The number of nitrogens with zero attached hydrogens (tertiary/aromatic N) is 5. The Bertz CT molecular complexity index is 1020. The van der Waals surface area contributed by atoms with Gasteiger partial charge in [-0.1, -0.05) is 0 Å². The van der Waals surface area contributed by atoms with Gasteiger partial charge < -0.3 is 16.6 Å². The fourth-order valence-electron chi connectivity index (χ4n) is 1.81. The van der Waals surface area contributed by atoms with Crippen LogP contribution in [-0.2, 0) is 10.4 Å². The van der Waals surface area contributed by atoms with Crippen LogP contribution in [-0.4, -0.2) is 47.5 Å². The molecular formula is C13H13N7O5S. The van der Waals surface area contributed by atoms with E-state index in [2.05, 4.69) is 24.9 Å². The monoisotopic (exact) mass is 379 g/mol. The van der Waals surface area contributed by atoms with Crippen molar-refractivity contribution < 1.29 is 22.6 Å². The lowest BCUT2D eigenvalue weighted by atomic mass is 10.2. The van der Waals surface area contributed by atoms with E-state index in [-0.39, 0.29) is 17.6 Å². The minimum absolute atomic E-state index is 0.0149. The molecule has 0 saturated carbocycles. The molecule has 0 aliphatic heterocycles. The normalized spacial score (nSPS) is 10.7. The van der Waals surface area contributed by atoms with Crippen LogP contribution in [0, 0.1) is 0 Å². The molecule has 3 heterocycles. The average molecular weight is 379 g/mol. The third-order valence-electron chi connectivity index (χ3n) is 2.73. The molecule has 26 heavy (non-hydrogen) atoms. The number of aromatic nitrogens is 5. The summed E-state index contributed by atoms with van der Waals surface area (Å²) < 4.78 is 31.6. The van der Waals surface area contributed by atoms with Crippen molar-refractivity contribution >= 4 is 22.3 Å². The summed E-state index contributed by atoms with van der Waals surface area (Å²) in [5.41, 5.74) is 12.9. The third-order valence-corrected chi connectivity index (χ3v) is 2.73. The standard InChI is InChI=1S/C13H11N7O.H2O4S/c14-12-16-5-3-8(19-12)7-1-2-10(21)11(18-7)9-4-6-17-13(15)20-9;1-5(2,3)4/h1-6,21H,(H2,14,16,19)(H2,15,17,20);(H2,1,2,3,4). The van der Waals surface area contributed by atoms with E-state index in [1.54, 1.807) is 18.2 Å². The van der Waals surface area contributed by atoms with Crippen LogP contribution in [0.4, 0.5) is 11.9 Å². The van der Waals surface area contributed by atoms with Gasteiger partial charge in [0.15, 0.2) is 0 Å². The molecule has 3 rings (SSSR count). The highest BCUT2D eigenvalue weighted by molar-refractivity contribution is 7.79. The van der Waals surface area contributed by atoms with Crippen LogP contribution >= 0.6 is 0 Å². The van der Waals surface area contributed by atoms with Crippen LogP contribution in [0.1, 0.15) is 0 Å². The highest BCUT2D eigenvalue weighted by Crippen LogP contribution is 2.28. The first-order chi connectivity index (χ1) is 12.1. The fourth-order valence-corrected chi connectivity index (χ4v) is 1.81. The zero-order chi connectivity index (χ0) is 19.3. The van der Waals surface area contributed by atoms with E-state index in [9.17, 15) is 5.11 Å². The smallest absolute Gasteiger partial charge is 0.394 e. The second-order valence-electron chi connectivity index (χ2n) is 4.61. The summed E-state index contributed by atoms with van der Waals surface area (Å²) in [7, 11) is -4.67. The van der Waals surface area contributed by atoms with Gasteiger partial charge in [0, 0.05) is 12.4 Å². The second-order valence-corrected chi connectivity index (χ2v) is 5.51. The van der Waals surface area contributed by atoms with E-state index >= 15 is 0 Å². The van der Waals surface area contributed by atoms with Crippen molar-refractivity contribution in [1.29, 1.82) is 0 Å². The van der Waals surface area contributed by atoms with Gasteiger partial charge in [-0.25, -0.2) is 24.9 Å². The Morgan fingerprint density at radius 1 is 0.769 bits per heavy atom. The van der Waals surface area contributed by atoms with Crippen molar-refractivity contribution in [2.24, 2.45) is 0 Å². The molecule has 136 valence electrons. The van der Waals surface area contributed by atoms with Crippen molar-refractivity contribution in [3.05, 3.63) is 36.7 Å². The number of hydrogen-bond acceptors (Lipinski definition) is 10. The zero-order valence-corrected chi connectivity index (χ0v) is 13.7. The molecule has 3 aromatic rings. The molecule has 0 atom stereocenters. The van der Waals surface area contributed by atoms with Crippen LogP contribution in [0.25, 0.3) is 22.8 Å². The molecule has 12 nitrogen and oxygen atoms in total. The van der Waals surface area contributed by atoms with Gasteiger partial charge in [-0.15, -0.1) is 0 Å². The van der Waals surface area contributed by atoms with Crippen LogP contribution < -0.4 is 11.5 Å². The maximum Gasteiger partial charge on any atom is 0.394 e. The van der Waals surface area contributed by atoms with Crippen molar-refractivity contribution in [1.82, 2.24) is 24.9 Å². The van der Waals surface area contributed by atoms with E-state index in [4.69, 9.17) is 29.0 Å². The van der Waals surface area contributed by atoms with Crippen molar-refractivity contribution in [3.63, 3.8) is 0 Å². The lowest BCUT2D eigenvalue weighted by Crippen LogP contribution is -1.99. The molecule has 0 fully saturated rings. The van der Waals surface area contributed by atoms with Gasteiger partial charge in [0.2, 0.25) is 11.9 Å². The number of aromatic hydroxyl groups is 1. The molecular weight excluding hydrogens is 366 g/mol. The number of rotatable bonds is 2. The first-order valence-electron chi connectivity index (χ1n) is 6.71. The summed E-state index contributed by atoms with van der Waals surface area (Å²) >= 11 is 0. The largest absolute Gasteiger partial charge is 0.506 e. The molecule has 0 radical (unpaired) electrons. The minimum atomic E-state index is -4.67. The van der Waals surface area contributed by atoms with E-state index in [0.29, 0.717) is 22.8 Å². The fraction of sp³-hybridized carbons (Fsp3) is 0. The molecule has 13 heteroatoms. The first kappa shape index (κ1) is 18.9. The maximum absolute atomic E-state index is 9.96. The Hall–Kier alpha value is -3.42. The number of nitrogens with two attached hydrogens (primary N) is 2. The van der Waals surface area contributed by atoms with Gasteiger partial charge in [0.05, 0.1) is 17.1 Å². The minimum Gasteiger partial charge on any atom is -0.506 e. The summed E-state index contributed by atoms with van der Waals surface area (Å²) in [5.74, 6) is 0.236. The number of anilines is 2. The summed E-state index contributed by atoms with van der Waals surface area (Å²) in [6.07, 6.45) is 3.03. The molecule has 0 aromatic carbocycles. The third kappa shape index (κ3) is 5.59. The molecule has 0 unspecified atom stereocenters. The summed E-state index contributed by atoms with van der Waals surface area (Å²) in [6, 6.07) is 6.42. The number of hydrogen-bond donors (Lipinski definition) is 5. The molecule has 7 N–H and O–H groups in total. The van der Waals surface area contributed by atoms with Crippen molar-refractivity contribution in [2.75, 3.05) is 11.5 Å². The summed E-state index contributed by atoms with van der Waals surface area (Å²) in [5, 5.41) is 9.96. The highest BCUT2D eigenvalue weighted by atomic mass is 32.3. The van der Waals surface area contributed by atoms with Gasteiger partial charge in [-0.2, -0.15) is 8.42 Å². The molecule has 0 aliphatic rings. The first-order valence-corrected chi connectivity index (χ1v) is 8.11. The van der Waals surface area contributed by atoms with Crippen LogP contribution in [0.2, 0.25) is 0 Å². The Morgan fingerprint density at radius 3 is 1.77 bits per heavy atom. The van der Waals surface area contributed by atoms with Gasteiger partial charge >= 0.3 is 10.4 Å². The van der Waals surface area contributed by atoms with Gasteiger partial charge in [0.1, 0.15) is 11.4 Å². The van der Waals surface area contributed by atoms with Gasteiger partial charge in [0.25, 0.3) is 0 Å². The van der Waals surface area contributed by atoms with Crippen molar-refractivity contribution in [2.45, 2.75) is 0 Å². The summed E-state index contributed by atoms with van der Waals surface area (Å²) in [6.45, 7) is 0. The van der Waals surface area contributed by atoms with E-state index in [1.165, 1.54) is 18.5 Å². The SMILES string of the molecule is Nc1nccc(-c2ccc(O)c(-c3ccnc(N)n3)n2)n1.O=S(=O)(O)O. The quantitative estimate of drug-likeness (QED) is 0.378. The lowest BCUT2D eigenvalue weighted by molar-refractivity contribution is 0.381. The summed E-state index contributed by atoms with van der Waals surface area (Å²) in [4.78, 5) is 20.1. The number of pyridine rings is 1.